The largest absolute Gasteiger partial charge is 0.480 e. The van der Waals surface area contributed by atoms with Crippen molar-refractivity contribution in [1.82, 2.24) is 10.3 Å². The number of oxazole rings is 1. The second-order valence-corrected chi connectivity index (χ2v) is 10.4. The van der Waals surface area contributed by atoms with E-state index in [4.69, 9.17) is 20.8 Å². The van der Waals surface area contributed by atoms with Crippen LogP contribution in [-0.2, 0) is 22.7 Å². The summed E-state index contributed by atoms with van der Waals surface area (Å²) in [4.78, 5) is 29.3. The van der Waals surface area contributed by atoms with Gasteiger partial charge < -0.3 is 19.6 Å². The Morgan fingerprint density at radius 1 is 1.08 bits per heavy atom. The fourth-order valence-corrected chi connectivity index (χ4v) is 4.77. The Hall–Kier alpha value is -3.59. The van der Waals surface area contributed by atoms with Crippen LogP contribution in [0.1, 0.15) is 33.7 Å². The lowest BCUT2D eigenvalue weighted by Crippen LogP contribution is -2.41. The van der Waals surface area contributed by atoms with Crippen LogP contribution in [0.5, 0.6) is 0 Å². The van der Waals surface area contributed by atoms with Gasteiger partial charge in [-0.05, 0) is 77.9 Å². The van der Waals surface area contributed by atoms with Gasteiger partial charge in [0.25, 0.3) is 5.91 Å². The average Bonchev–Trinajstić information content (AvgIpc) is 3.40. The number of aromatic nitrogens is 1. The highest BCUT2D eigenvalue weighted by molar-refractivity contribution is 7.98. The van der Waals surface area contributed by atoms with Gasteiger partial charge in [-0.3, -0.25) is 4.79 Å². The van der Waals surface area contributed by atoms with Crippen LogP contribution in [0.15, 0.2) is 77.3 Å². The summed E-state index contributed by atoms with van der Waals surface area (Å²) in [6.45, 7) is 2.46. The molecule has 0 aliphatic rings. The van der Waals surface area contributed by atoms with Gasteiger partial charge in [0, 0.05) is 16.1 Å². The van der Waals surface area contributed by atoms with E-state index in [1.165, 1.54) is 11.8 Å². The molecule has 1 atom stereocenters. The molecule has 0 fully saturated rings. The maximum Gasteiger partial charge on any atom is 0.326 e. The number of thioether (sulfide) groups is 1. The quantitative estimate of drug-likeness (QED) is 0.199. The molecule has 7 nitrogen and oxygen atoms in total. The van der Waals surface area contributed by atoms with Gasteiger partial charge in [-0.2, -0.15) is 11.8 Å². The Morgan fingerprint density at radius 3 is 2.64 bits per heavy atom. The van der Waals surface area contributed by atoms with Gasteiger partial charge >= 0.3 is 5.97 Å². The highest BCUT2D eigenvalue weighted by Crippen LogP contribution is 2.29. The van der Waals surface area contributed by atoms with E-state index in [1.54, 1.807) is 24.4 Å². The van der Waals surface area contributed by atoms with Crippen LogP contribution < -0.4 is 5.32 Å². The second kappa shape index (κ2) is 13.5. The Balaban J connectivity index is 1.51. The molecule has 1 amide bonds. The van der Waals surface area contributed by atoms with E-state index in [2.05, 4.69) is 10.3 Å². The molecule has 1 unspecified atom stereocenters. The molecular weight excluding hydrogens is 536 g/mol. The monoisotopic (exact) mass is 564 g/mol. The Kier molecular flexibility index (Phi) is 9.81. The normalized spacial score (nSPS) is 11.8. The fourth-order valence-electron chi connectivity index (χ4n) is 4.10. The summed E-state index contributed by atoms with van der Waals surface area (Å²) in [6.07, 6.45) is 3.87. The SMILES string of the molecule is CSCCC(NC(=O)c1ccc(COCc2cnc(-c3cccc(Cl)c3)o2)cc1-c1ccccc1C)C(=O)O. The van der Waals surface area contributed by atoms with Crippen LogP contribution in [0.4, 0.5) is 0 Å². The molecule has 0 bridgehead atoms. The number of amides is 1. The number of ether oxygens (including phenoxy) is 1. The minimum Gasteiger partial charge on any atom is -0.480 e. The van der Waals surface area contributed by atoms with E-state index in [0.29, 0.717) is 40.0 Å². The van der Waals surface area contributed by atoms with Gasteiger partial charge in [-0.25, -0.2) is 9.78 Å². The molecule has 4 aromatic rings. The number of aliphatic carboxylic acids is 1. The van der Waals surface area contributed by atoms with Crippen molar-refractivity contribution in [2.24, 2.45) is 0 Å². The predicted octanol–water partition coefficient (Wildman–Crippen LogP) is 6.62. The molecule has 202 valence electrons. The van der Waals surface area contributed by atoms with E-state index in [0.717, 1.165) is 22.3 Å². The van der Waals surface area contributed by atoms with Gasteiger partial charge in [0.2, 0.25) is 5.89 Å². The minimum absolute atomic E-state index is 0.214. The van der Waals surface area contributed by atoms with Crippen molar-refractivity contribution in [3.63, 3.8) is 0 Å². The zero-order valence-electron chi connectivity index (χ0n) is 21.6. The average molecular weight is 565 g/mol. The summed E-state index contributed by atoms with van der Waals surface area (Å²) in [5, 5.41) is 12.9. The van der Waals surface area contributed by atoms with Gasteiger partial charge in [-0.15, -0.1) is 0 Å². The number of nitrogens with zero attached hydrogens (tertiary/aromatic N) is 1. The third kappa shape index (κ3) is 7.50. The molecule has 1 aromatic heterocycles. The number of benzene rings is 3. The number of hydrogen-bond donors (Lipinski definition) is 2. The van der Waals surface area contributed by atoms with Crippen molar-refractivity contribution in [3.8, 4) is 22.6 Å². The smallest absolute Gasteiger partial charge is 0.326 e. The van der Waals surface area contributed by atoms with Crippen molar-refractivity contribution >= 4 is 35.2 Å². The van der Waals surface area contributed by atoms with Gasteiger partial charge in [0.05, 0.1) is 12.8 Å². The van der Waals surface area contributed by atoms with E-state index in [1.807, 2.05) is 61.7 Å². The second-order valence-electron chi connectivity index (χ2n) is 8.98. The van der Waals surface area contributed by atoms with E-state index in [-0.39, 0.29) is 13.2 Å². The Morgan fingerprint density at radius 2 is 1.90 bits per heavy atom. The number of carboxylic acids is 1. The number of halogens is 1. The molecular formula is C30H29ClN2O5S. The van der Waals surface area contributed by atoms with Crippen LogP contribution >= 0.6 is 23.4 Å². The number of carbonyl (C=O) groups excluding carboxylic acids is 1. The number of nitrogens with one attached hydrogen (secondary N) is 1. The van der Waals surface area contributed by atoms with Crippen molar-refractivity contribution in [2.45, 2.75) is 32.6 Å². The first-order valence-electron chi connectivity index (χ1n) is 12.4. The lowest BCUT2D eigenvalue weighted by atomic mass is 9.93. The standard InChI is InChI=1S/C30H29ClN2O5S/c1-19-6-3-4-9-24(19)26-14-20(10-11-25(26)28(34)33-27(30(35)36)12-13-39-2)17-37-18-23-16-32-29(38-23)21-7-5-8-22(31)15-21/h3-11,14-16,27H,12-13,17-18H2,1-2H3,(H,33,34)(H,35,36). The number of carbonyl (C=O) groups is 2. The van der Waals surface area contributed by atoms with E-state index >= 15 is 0 Å². The molecule has 0 aliphatic carbocycles. The molecule has 0 saturated carbocycles. The minimum atomic E-state index is -1.05. The highest BCUT2D eigenvalue weighted by atomic mass is 35.5. The molecule has 0 saturated heterocycles. The number of carboxylic acid groups (broad SMARTS) is 1. The maximum atomic E-state index is 13.2. The lowest BCUT2D eigenvalue weighted by molar-refractivity contribution is -0.139. The molecule has 3 aromatic carbocycles. The molecule has 0 aliphatic heterocycles. The zero-order chi connectivity index (χ0) is 27.8. The van der Waals surface area contributed by atoms with Crippen LogP contribution in [0.2, 0.25) is 5.02 Å². The summed E-state index contributed by atoms with van der Waals surface area (Å²) < 4.78 is 11.7. The highest BCUT2D eigenvalue weighted by Gasteiger charge is 2.23. The van der Waals surface area contributed by atoms with Crippen molar-refractivity contribution in [3.05, 3.63) is 100 Å². The number of hydrogen-bond acceptors (Lipinski definition) is 6. The molecule has 2 N–H and O–H groups in total. The molecule has 4 rings (SSSR count). The van der Waals surface area contributed by atoms with E-state index in [9.17, 15) is 14.7 Å². The molecule has 0 spiro atoms. The number of aryl methyl sites for hydroxylation is 1. The summed E-state index contributed by atoms with van der Waals surface area (Å²) in [5.41, 5.74) is 4.65. The van der Waals surface area contributed by atoms with Gasteiger partial charge in [0.1, 0.15) is 12.6 Å². The first-order valence-corrected chi connectivity index (χ1v) is 14.1. The van der Waals surface area contributed by atoms with Crippen LogP contribution in [0.3, 0.4) is 0 Å². The molecule has 9 heteroatoms. The Bertz CT molecular complexity index is 1450. The summed E-state index contributed by atoms with van der Waals surface area (Å²) in [6, 6.07) is 19.5. The third-order valence-electron chi connectivity index (χ3n) is 6.12. The third-order valence-corrected chi connectivity index (χ3v) is 7.00. The van der Waals surface area contributed by atoms with Crippen molar-refractivity contribution in [1.29, 1.82) is 0 Å². The van der Waals surface area contributed by atoms with E-state index < -0.39 is 17.9 Å². The van der Waals surface area contributed by atoms with Gasteiger partial charge in [0.15, 0.2) is 5.76 Å². The van der Waals surface area contributed by atoms with Crippen LogP contribution in [0.25, 0.3) is 22.6 Å². The van der Waals surface area contributed by atoms with Gasteiger partial charge in [-0.1, -0.05) is 48.0 Å². The summed E-state index contributed by atoms with van der Waals surface area (Å²) >= 11 is 7.60. The first-order chi connectivity index (χ1) is 18.9. The first kappa shape index (κ1) is 28.4. The van der Waals surface area contributed by atoms with Crippen molar-refractivity contribution in [2.75, 3.05) is 12.0 Å². The molecule has 39 heavy (non-hydrogen) atoms. The topological polar surface area (TPSA) is 102 Å². The summed E-state index contributed by atoms with van der Waals surface area (Å²) in [5.74, 6) is 0.190. The lowest BCUT2D eigenvalue weighted by Gasteiger charge is -2.17. The summed E-state index contributed by atoms with van der Waals surface area (Å²) in [7, 11) is 0. The molecule has 1 heterocycles. The maximum absolute atomic E-state index is 13.2. The number of rotatable bonds is 12. The Labute approximate surface area is 236 Å². The van der Waals surface area contributed by atoms with Crippen LogP contribution in [-0.4, -0.2) is 40.0 Å². The fraction of sp³-hybridized carbons (Fsp3) is 0.233. The molecule has 0 radical (unpaired) electrons. The zero-order valence-corrected chi connectivity index (χ0v) is 23.2. The van der Waals surface area contributed by atoms with Crippen LogP contribution in [0, 0.1) is 6.92 Å². The predicted molar refractivity (Wildman–Crippen MR) is 154 cm³/mol. The van der Waals surface area contributed by atoms with Crippen molar-refractivity contribution < 1.29 is 23.8 Å².